The van der Waals surface area contributed by atoms with Crippen molar-refractivity contribution < 1.29 is 26.3 Å². The summed E-state index contributed by atoms with van der Waals surface area (Å²) in [5, 5.41) is 0. The summed E-state index contributed by atoms with van der Waals surface area (Å²) >= 11 is 0. The summed E-state index contributed by atoms with van der Waals surface area (Å²) in [4.78, 5) is 2.27. The molecule has 0 saturated heterocycles. The number of hydrogen-bond acceptors (Lipinski definition) is 1. The maximum atomic E-state index is 14.0. The smallest absolute Gasteiger partial charge is 0.303 e. The lowest BCUT2D eigenvalue weighted by molar-refractivity contribution is -0.161. The fraction of sp³-hybridized carbons (Fsp3) is 0.571. The van der Waals surface area contributed by atoms with E-state index in [1.165, 1.54) is 23.8 Å². The molecule has 4 rings (SSSR count). The lowest BCUT2D eigenvalue weighted by Crippen LogP contribution is -2.34. The predicted octanol–water partition coefficient (Wildman–Crippen LogP) is 7.76. The van der Waals surface area contributed by atoms with Gasteiger partial charge in [0.1, 0.15) is 0 Å². The lowest BCUT2D eigenvalue weighted by Gasteiger charge is -2.29. The van der Waals surface area contributed by atoms with Crippen LogP contribution in [0.15, 0.2) is 48.5 Å². The largest absolute Gasteiger partial charge is 0.398 e. The minimum atomic E-state index is -4.46. The van der Waals surface area contributed by atoms with E-state index in [-0.39, 0.29) is 48.8 Å². The Morgan fingerprint density at radius 3 is 1.69 bits per heavy atom. The second-order valence-corrected chi connectivity index (χ2v) is 10.2. The number of hydrogen-bond donors (Lipinski definition) is 0. The molecule has 0 N–H and O–H groups in total. The van der Waals surface area contributed by atoms with E-state index in [0.29, 0.717) is 13.0 Å². The maximum absolute atomic E-state index is 14.0. The predicted molar refractivity (Wildman–Crippen MR) is 126 cm³/mol. The van der Waals surface area contributed by atoms with Crippen LogP contribution in [0.1, 0.15) is 67.7 Å². The molecule has 0 bridgehead atoms. The Morgan fingerprint density at radius 2 is 1.23 bits per heavy atom. The normalized spacial score (nSPS) is 18.6. The molecule has 2 fully saturated rings. The fourth-order valence-electron chi connectivity index (χ4n) is 5.48. The van der Waals surface area contributed by atoms with E-state index in [2.05, 4.69) is 24.0 Å². The highest BCUT2D eigenvalue weighted by atomic mass is 19.4. The number of benzene rings is 2. The second kappa shape index (κ2) is 9.79. The lowest BCUT2D eigenvalue weighted by atomic mass is 9.81. The molecule has 192 valence electrons. The molecule has 2 aromatic carbocycles. The third-order valence-corrected chi connectivity index (χ3v) is 7.79. The zero-order chi connectivity index (χ0) is 25.3. The van der Waals surface area contributed by atoms with Crippen LogP contribution in [0.3, 0.4) is 0 Å². The van der Waals surface area contributed by atoms with Crippen molar-refractivity contribution in [3.63, 3.8) is 0 Å². The first kappa shape index (κ1) is 26.1. The molecule has 2 aliphatic carbocycles. The van der Waals surface area contributed by atoms with E-state index >= 15 is 0 Å². The van der Waals surface area contributed by atoms with Crippen LogP contribution < -0.4 is 0 Å². The highest BCUT2D eigenvalue weighted by Crippen LogP contribution is 2.63. The van der Waals surface area contributed by atoms with Crippen molar-refractivity contribution in [1.82, 2.24) is 4.90 Å². The van der Waals surface area contributed by atoms with Gasteiger partial charge in [0, 0.05) is 6.54 Å². The summed E-state index contributed by atoms with van der Waals surface area (Å²) in [5.74, 6) is 0. The summed E-state index contributed by atoms with van der Waals surface area (Å²) < 4.78 is 84.1. The molecule has 0 unspecified atom stereocenters. The Morgan fingerprint density at radius 1 is 0.686 bits per heavy atom. The zero-order valence-electron chi connectivity index (χ0n) is 20.1. The van der Waals surface area contributed by atoms with Crippen molar-refractivity contribution in [3.05, 3.63) is 70.8 Å². The zero-order valence-corrected chi connectivity index (χ0v) is 20.1. The highest BCUT2D eigenvalue weighted by Gasteiger charge is 2.67. The van der Waals surface area contributed by atoms with Crippen molar-refractivity contribution in [3.8, 4) is 0 Å². The topological polar surface area (TPSA) is 3.24 Å². The van der Waals surface area contributed by atoms with E-state index in [4.69, 9.17) is 0 Å². The first-order valence-corrected chi connectivity index (χ1v) is 12.6. The molecule has 7 heteroatoms. The van der Waals surface area contributed by atoms with E-state index < -0.39 is 23.2 Å². The van der Waals surface area contributed by atoms with Crippen molar-refractivity contribution in [1.29, 1.82) is 0 Å². The third-order valence-electron chi connectivity index (χ3n) is 7.79. The molecule has 1 nitrogen and oxygen atoms in total. The van der Waals surface area contributed by atoms with Crippen LogP contribution >= 0.6 is 0 Å². The summed E-state index contributed by atoms with van der Waals surface area (Å²) in [7, 11) is 0. The Balaban J connectivity index is 1.56. The average molecular weight is 498 g/mol. The minimum Gasteiger partial charge on any atom is -0.303 e. The van der Waals surface area contributed by atoms with Gasteiger partial charge in [-0.1, -0.05) is 55.5 Å². The molecule has 0 heterocycles. The quantitative estimate of drug-likeness (QED) is 0.287. The molecule has 0 amide bonds. The van der Waals surface area contributed by atoms with Crippen molar-refractivity contribution in [2.45, 2.75) is 81.5 Å². The summed E-state index contributed by atoms with van der Waals surface area (Å²) in [5.41, 5.74) is -2.33. The van der Waals surface area contributed by atoms with E-state index in [1.807, 2.05) is 18.2 Å². The van der Waals surface area contributed by atoms with E-state index in [9.17, 15) is 26.3 Å². The number of alkyl halides is 6. The van der Waals surface area contributed by atoms with Gasteiger partial charge in [0.15, 0.2) is 0 Å². The fourth-order valence-corrected chi connectivity index (χ4v) is 5.48. The van der Waals surface area contributed by atoms with Gasteiger partial charge in [-0.2, -0.15) is 26.3 Å². The van der Waals surface area contributed by atoms with Gasteiger partial charge in [-0.3, -0.25) is 0 Å². The molecule has 0 atom stereocenters. The molecule has 2 saturated carbocycles. The van der Waals surface area contributed by atoms with Crippen molar-refractivity contribution in [2.75, 3.05) is 19.6 Å². The highest BCUT2D eigenvalue weighted by molar-refractivity contribution is 5.50. The Labute approximate surface area is 203 Å². The molecule has 0 radical (unpaired) electrons. The third kappa shape index (κ3) is 5.25. The first-order valence-electron chi connectivity index (χ1n) is 12.6. The molecule has 0 spiro atoms. The van der Waals surface area contributed by atoms with Crippen molar-refractivity contribution in [2.24, 2.45) is 0 Å². The SMILES string of the molecule is CCCN(CCCc1c(C2(C(F)(F)F)CC2)cccc1C1(C(F)(F)F)CC1)CCc1ccccc1. The molecule has 35 heavy (non-hydrogen) atoms. The number of rotatable bonds is 11. The van der Waals surface area contributed by atoms with Crippen LogP contribution in [0.2, 0.25) is 0 Å². The second-order valence-electron chi connectivity index (χ2n) is 10.2. The Bertz CT molecular complexity index is 938. The van der Waals surface area contributed by atoms with Crippen LogP contribution in [0.25, 0.3) is 0 Å². The molecular formula is C28H33F6N. The molecular weight excluding hydrogens is 464 g/mol. The van der Waals surface area contributed by atoms with E-state index in [1.54, 1.807) is 0 Å². The van der Waals surface area contributed by atoms with Crippen LogP contribution in [0, 0.1) is 0 Å². The van der Waals surface area contributed by atoms with Gasteiger partial charge in [0.25, 0.3) is 0 Å². The molecule has 0 aromatic heterocycles. The van der Waals surface area contributed by atoms with Gasteiger partial charge < -0.3 is 4.90 Å². The Kier molecular flexibility index (Phi) is 7.29. The minimum absolute atomic E-state index is 0.0506. The van der Waals surface area contributed by atoms with Gasteiger partial charge in [0.05, 0.1) is 10.8 Å². The first-order chi connectivity index (χ1) is 16.5. The average Bonchev–Trinajstić information content (AvgIpc) is 3.70. The van der Waals surface area contributed by atoms with Crippen LogP contribution in [-0.2, 0) is 23.7 Å². The van der Waals surface area contributed by atoms with Crippen molar-refractivity contribution >= 4 is 0 Å². The number of halogens is 6. The molecule has 2 aliphatic rings. The summed E-state index contributed by atoms with van der Waals surface area (Å²) in [6.45, 7) is 4.38. The number of nitrogens with zero attached hydrogens (tertiary/aromatic N) is 1. The molecule has 2 aromatic rings. The van der Waals surface area contributed by atoms with Crippen LogP contribution in [0.4, 0.5) is 26.3 Å². The summed E-state index contributed by atoms with van der Waals surface area (Å²) in [6, 6.07) is 14.3. The monoisotopic (exact) mass is 497 g/mol. The van der Waals surface area contributed by atoms with Gasteiger partial charge in [-0.05, 0) is 86.7 Å². The summed E-state index contributed by atoms with van der Waals surface area (Å²) in [6.07, 6.45) is -6.57. The maximum Gasteiger partial charge on any atom is 0.398 e. The van der Waals surface area contributed by atoms with Gasteiger partial charge in [-0.15, -0.1) is 0 Å². The standard InChI is InChI=1S/C28H33F6N/c1-2-18-35(20-13-21-8-4-3-5-9-21)19-7-10-22-23(25(14-15-25)27(29,30)31)11-6-12-24(22)26(16-17-26)28(32,33)34/h3-6,8-9,11-12H,2,7,10,13-20H2,1H3. The Hall–Kier alpha value is -2.02. The van der Waals surface area contributed by atoms with E-state index in [0.717, 1.165) is 25.9 Å². The van der Waals surface area contributed by atoms with Gasteiger partial charge in [0.2, 0.25) is 0 Å². The van der Waals surface area contributed by atoms with Gasteiger partial charge in [-0.25, -0.2) is 0 Å². The van der Waals surface area contributed by atoms with Crippen LogP contribution in [0.5, 0.6) is 0 Å². The van der Waals surface area contributed by atoms with Gasteiger partial charge >= 0.3 is 12.4 Å². The van der Waals surface area contributed by atoms with Crippen LogP contribution in [-0.4, -0.2) is 36.9 Å². The molecule has 0 aliphatic heterocycles.